The predicted molar refractivity (Wildman–Crippen MR) is 75.9 cm³/mol. The van der Waals surface area contributed by atoms with Crippen LogP contribution in [-0.2, 0) is 7.05 Å². The summed E-state index contributed by atoms with van der Waals surface area (Å²) in [6.07, 6.45) is 1.19. The number of para-hydroxylation sites is 1. The number of benzene rings is 1. The standard InChI is InChI=1S/C13H14BrClN2/c1-17-12(8-5-6-16-7-8)11(14)9-3-2-4-10(15)13(9)17/h2-4,8,16H,5-7H2,1H3. The molecule has 90 valence electrons. The smallest absolute Gasteiger partial charge is 0.0681 e. The van der Waals surface area contributed by atoms with Gasteiger partial charge in [-0.15, -0.1) is 0 Å². The lowest BCUT2D eigenvalue weighted by Crippen LogP contribution is -2.10. The van der Waals surface area contributed by atoms with Gasteiger partial charge in [0, 0.05) is 35.1 Å². The van der Waals surface area contributed by atoms with Crippen molar-refractivity contribution < 1.29 is 0 Å². The zero-order valence-corrected chi connectivity index (χ0v) is 12.0. The van der Waals surface area contributed by atoms with Crippen molar-refractivity contribution in [3.63, 3.8) is 0 Å². The molecule has 3 rings (SSSR count). The second-order valence-corrected chi connectivity index (χ2v) is 5.78. The van der Waals surface area contributed by atoms with Gasteiger partial charge < -0.3 is 9.88 Å². The summed E-state index contributed by atoms with van der Waals surface area (Å²) in [5.74, 6) is 0.581. The van der Waals surface area contributed by atoms with Crippen LogP contribution in [0.1, 0.15) is 18.0 Å². The molecule has 1 N–H and O–H groups in total. The van der Waals surface area contributed by atoms with E-state index in [2.05, 4.69) is 38.9 Å². The van der Waals surface area contributed by atoms with Crippen LogP contribution < -0.4 is 5.32 Å². The lowest BCUT2D eigenvalue weighted by atomic mass is 10.0. The van der Waals surface area contributed by atoms with E-state index in [0.717, 1.165) is 23.6 Å². The second-order valence-electron chi connectivity index (χ2n) is 4.58. The molecular weight excluding hydrogens is 300 g/mol. The summed E-state index contributed by atoms with van der Waals surface area (Å²) in [6.45, 7) is 2.16. The summed E-state index contributed by atoms with van der Waals surface area (Å²) in [5, 5.41) is 5.45. The molecule has 0 spiro atoms. The van der Waals surface area contributed by atoms with E-state index < -0.39 is 0 Å². The average Bonchev–Trinajstić information content (AvgIpc) is 2.88. The van der Waals surface area contributed by atoms with Gasteiger partial charge >= 0.3 is 0 Å². The van der Waals surface area contributed by atoms with Crippen molar-refractivity contribution in [1.29, 1.82) is 0 Å². The number of halogens is 2. The van der Waals surface area contributed by atoms with Crippen LogP contribution in [0.2, 0.25) is 5.02 Å². The Balaban J connectivity index is 2.28. The Morgan fingerprint density at radius 3 is 2.94 bits per heavy atom. The van der Waals surface area contributed by atoms with Gasteiger partial charge in [-0.1, -0.05) is 23.7 Å². The molecule has 0 amide bonds. The Hall–Kier alpha value is -0.510. The molecular formula is C13H14BrClN2. The van der Waals surface area contributed by atoms with Gasteiger partial charge in [0.2, 0.25) is 0 Å². The van der Waals surface area contributed by atoms with Gasteiger partial charge in [-0.3, -0.25) is 0 Å². The zero-order valence-electron chi connectivity index (χ0n) is 9.63. The number of aryl methyl sites for hydroxylation is 1. The molecule has 1 saturated heterocycles. The lowest BCUT2D eigenvalue weighted by Gasteiger charge is -2.11. The highest BCUT2D eigenvalue weighted by atomic mass is 79.9. The average molecular weight is 314 g/mol. The van der Waals surface area contributed by atoms with Crippen molar-refractivity contribution in [3.05, 3.63) is 33.4 Å². The van der Waals surface area contributed by atoms with Gasteiger partial charge in [0.05, 0.1) is 10.5 Å². The van der Waals surface area contributed by atoms with Crippen LogP contribution in [0.5, 0.6) is 0 Å². The molecule has 2 aromatic rings. The first-order chi connectivity index (χ1) is 8.20. The number of nitrogens with one attached hydrogen (secondary N) is 1. The highest BCUT2D eigenvalue weighted by molar-refractivity contribution is 9.10. The molecule has 4 heteroatoms. The maximum absolute atomic E-state index is 6.30. The summed E-state index contributed by atoms with van der Waals surface area (Å²) < 4.78 is 3.44. The van der Waals surface area contributed by atoms with Crippen molar-refractivity contribution in [1.82, 2.24) is 9.88 Å². The molecule has 1 aromatic carbocycles. The summed E-state index contributed by atoms with van der Waals surface area (Å²) in [5.41, 5.74) is 2.49. The molecule has 0 aliphatic carbocycles. The summed E-state index contributed by atoms with van der Waals surface area (Å²) >= 11 is 10.0. The number of hydrogen-bond donors (Lipinski definition) is 1. The number of rotatable bonds is 1. The number of nitrogens with zero attached hydrogens (tertiary/aromatic N) is 1. The van der Waals surface area contributed by atoms with E-state index >= 15 is 0 Å². The second kappa shape index (κ2) is 4.30. The van der Waals surface area contributed by atoms with E-state index in [0.29, 0.717) is 5.92 Å². The van der Waals surface area contributed by atoms with Gasteiger partial charge in [0.1, 0.15) is 0 Å². The van der Waals surface area contributed by atoms with Crippen LogP contribution in [-0.4, -0.2) is 17.7 Å². The fraction of sp³-hybridized carbons (Fsp3) is 0.385. The Kier molecular flexibility index (Phi) is 2.93. The highest BCUT2D eigenvalue weighted by Crippen LogP contribution is 2.39. The SMILES string of the molecule is Cn1c(C2CCNC2)c(Br)c2cccc(Cl)c21. The van der Waals surface area contributed by atoms with E-state index in [-0.39, 0.29) is 0 Å². The van der Waals surface area contributed by atoms with E-state index in [4.69, 9.17) is 11.6 Å². The minimum atomic E-state index is 0.581. The Morgan fingerprint density at radius 1 is 1.47 bits per heavy atom. The molecule has 2 heterocycles. The monoisotopic (exact) mass is 312 g/mol. The van der Waals surface area contributed by atoms with Crippen molar-refractivity contribution in [3.8, 4) is 0 Å². The van der Waals surface area contributed by atoms with E-state index in [1.165, 1.54) is 22.0 Å². The van der Waals surface area contributed by atoms with E-state index in [1.54, 1.807) is 0 Å². The molecule has 1 aromatic heterocycles. The summed E-state index contributed by atoms with van der Waals surface area (Å²) in [7, 11) is 2.10. The molecule has 1 aliphatic heterocycles. The van der Waals surface area contributed by atoms with Crippen LogP contribution in [0.3, 0.4) is 0 Å². The summed E-state index contributed by atoms with van der Waals surface area (Å²) in [6, 6.07) is 6.08. The topological polar surface area (TPSA) is 17.0 Å². The largest absolute Gasteiger partial charge is 0.345 e. The van der Waals surface area contributed by atoms with Crippen molar-refractivity contribution in [2.75, 3.05) is 13.1 Å². The van der Waals surface area contributed by atoms with Gasteiger partial charge in [0.15, 0.2) is 0 Å². The Bertz CT molecular complexity index is 570. The minimum Gasteiger partial charge on any atom is -0.345 e. The molecule has 0 radical (unpaired) electrons. The Labute approximate surface area is 114 Å². The van der Waals surface area contributed by atoms with Crippen molar-refractivity contribution >= 4 is 38.4 Å². The van der Waals surface area contributed by atoms with E-state index in [1.807, 2.05) is 12.1 Å². The molecule has 0 bridgehead atoms. The molecule has 1 aliphatic rings. The third-order valence-corrected chi connectivity index (χ3v) is 4.73. The predicted octanol–water partition coefficient (Wildman–Crippen LogP) is 3.67. The first-order valence-corrected chi connectivity index (χ1v) is 7.00. The van der Waals surface area contributed by atoms with Crippen LogP contribution in [0.25, 0.3) is 10.9 Å². The highest BCUT2D eigenvalue weighted by Gasteiger charge is 2.24. The number of hydrogen-bond acceptors (Lipinski definition) is 1. The molecule has 0 saturated carbocycles. The first-order valence-electron chi connectivity index (χ1n) is 5.83. The van der Waals surface area contributed by atoms with Crippen LogP contribution >= 0.6 is 27.5 Å². The number of fused-ring (bicyclic) bond motifs is 1. The molecule has 1 fully saturated rings. The van der Waals surface area contributed by atoms with Gasteiger partial charge in [-0.2, -0.15) is 0 Å². The third kappa shape index (κ3) is 1.72. The minimum absolute atomic E-state index is 0.581. The van der Waals surface area contributed by atoms with Gasteiger partial charge in [-0.05, 0) is 35.0 Å². The van der Waals surface area contributed by atoms with Crippen LogP contribution in [0, 0.1) is 0 Å². The zero-order chi connectivity index (χ0) is 12.0. The molecule has 17 heavy (non-hydrogen) atoms. The van der Waals surface area contributed by atoms with Crippen LogP contribution in [0.15, 0.2) is 22.7 Å². The van der Waals surface area contributed by atoms with Gasteiger partial charge in [-0.25, -0.2) is 0 Å². The third-order valence-electron chi connectivity index (χ3n) is 3.59. The fourth-order valence-electron chi connectivity index (χ4n) is 2.78. The lowest BCUT2D eigenvalue weighted by molar-refractivity contribution is 0.690. The molecule has 1 atom stereocenters. The fourth-order valence-corrected chi connectivity index (χ4v) is 3.99. The molecule has 2 nitrogen and oxygen atoms in total. The first kappa shape index (κ1) is 11.6. The van der Waals surface area contributed by atoms with Gasteiger partial charge in [0.25, 0.3) is 0 Å². The quantitative estimate of drug-likeness (QED) is 0.850. The number of aromatic nitrogens is 1. The summed E-state index contributed by atoms with van der Waals surface area (Å²) in [4.78, 5) is 0. The maximum atomic E-state index is 6.30. The van der Waals surface area contributed by atoms with Crippen molar-refractivity contribution in [2.45, 2.75) is 12.3 Å². The van der Waals surface area contributed by atoms with Crippen LogP contribution in [0.4, 0.5) is 0 Å². The normalized spacial score (nSPS) is 20.3. The molecule has 1 unspecified atom stereocenters. The van der Waals surface area contributed by atoms with E-state index in [9.17, 15) is 0 Å². The maximum Gasteiger partial charge on any atom is 0.0681 e. The van der Waals surface area contributed by atoms with Crippen molar-refractivity contribution in [2.24, 2.45) is 7.05 Å². The Morgan fingerprint density at radius 2 is 2.29 bits per heavy atom.